The third-order valence-corrected chi connectivity index (χ3v) is 3.43. The molecule has 0 aliphatic heterocycles. The van der Waals surface area contributed by atoms with E-state index >= 15 is 0 Å². The summed E-state index contributed by atoms with van der Waals surface area (Å²) in [5.41, 5.74) is 8.25. The van der Waals surface area contributed by atoms with Crippen molar-refractivity contribution < 1.29 is 4.79 Å². The highest BCUT2D eigenvalue weighted by Gasteiger charge is 2.18. The molecule has 1 aromatic heterocycles. The van der Waals surface area contributed by atoms with Crippen molar-refractivity contribution in [2.75, 3.05) is 24.1 Å². The number of amides is 1. The summed E-state index contributed by atoms with van der Waals surface area (Å²) < 4.78 is 0. The lowest BCUT2D eigenvalue weighted by atomic mass is 10.2. The van der Waals surface area contributed by atoms with Crippen LogP contribution >= 0.6 is 0 Å². The molecule has 0 radical (unpaired) electrons. The van der Waals surface area contributed by atoms with Gasteiger partial charge in [0.05, 0.1) is 23.1 Å². The number of likely N-dealkylation sites (N-methyl/N-ethyl adjacent to an activating group) is 1. The number of carbonyl (C=O) groups is 1. The number of rotatable bonds is 5. The van der Waals surface area contributed by atoms with Crippen LogP contribution < -0.4 is 11.1 Å². The Hall–Kier alpha value is -2.24. The summed E-state index contributed by atoms with van der Waals surface area (Å²) in [7, 11) is 0. The Morgan fingerprint density at radius 3 is 2.80 bits per heavy atom. The van der Waals surface area contributed by atoms with Crippen molar-refractivity contribution >= 4 is 28.2 Å². The van der Waals surface area contributed by atoms with Crippen LogP contribution in [-0.4, -0.2) is 40.1 Å². The molecule has 1 aromatic carbocycles. The Labute approximate surface area is 118 Å². The largest absolute Gasteiger partial charge is 0.397 e. The fraction of sp³-hybridized carbons (Fsp3) is 0.429. The third kappa shape index (κ3) is 2.68. The molecule has 6 heteroatoms. The number of carbonyl (C=O) groups excluding carboxylic acids is 1. The first-order chi connectivity index (χ1) is 9.56. The van der Waals surface area contributed by atoms with E-state index < -0.39 is 0 Å². The molecular weight excluding hydrogens is 254 g/mol. The van der Waals surface area contributed by atoms with Gasteiger partial charge < -0.3 is 16.0 Å². The number of nitrogens with two attached hydrogens (primary N) is 1. The topological polar surface area (TPSA) is 87.0 Å². The first kappa shape index (κ1) is 14.2. The number of aromatic amines is 1. The van der Waals surface area contributed by atoms with E-state index in [4.69, 9.17) is 5.73 Å². The van der Waals surface area contributed by atoms with Gasteiger partial charge in [0.1, 0.15) is 6.04 Å². The molecule has 4 N–H and O–H groups in total. The first-order valence-corrected chi connectivity index (χ1v) is 6.84. The van der Waals surface area contributed by atoms with Crippen LogP contribution in [0.15, 0.2) is 18.3 Å². The van der Waals surface area contributed by atoms with Gasteiger partial charge in [-0.15, -0.1) is 0 Å². The zero-order chi connectivity index (χ0) is 14.7. The van der Waals surface area contributed by atoms with Gasteiger partial charge in [0.2, 0.25) is 5.91 Å². The van der Waals surface area contributed by atoms with Crippen LogP contribution in [-0.2, 0) is 4.79 Å². The van der Waals surface area contributed by atoms with Gasteiger partial charge in [-0.05, 0) is 32.9 Å². The summed E-state index contributed by atoms with van der Waals surface area (Å²) in [5, 5.41) is 11.0. The maximum atomic E-state index is 12.2. The van der Waals surface area contributed by atoms with Crippen molar-refractivity contribution in [2.45, 2.75) is 26.8 Å². The normalized spacial score (nSPS) is 12.3. The number of fused-ring (bicyclic) bond motifs is 1. The van der Waals surface area contributed by atoms with Crippen molar-refractivity contribution in [1.82, 2.24) is 15.1 Å². The Morgan fingerprint density at radius 1 is 1.45 bits per heavy atom. The van der Waals surface area contributed by atoms with Crippen LogP contribution in [0.1, 0.15) is 20.8 Å². The molecule has 0 saturated carbocycles. The van der Waals surface area contributed by atoms with E-state index in [2.05, 4.69) is 15.5 Å². The van der Waals surface area contributed by atoms with E-state index in [0.29, 0.717) is 18.8 Å². The minimum absolute atomic E-state index is 0.0686. The Bertz CT molecular complexity index is 603. The summed E-state index contributed by atoms with van der Waals surface area (Å²) in [6.45, 7) is 7.20. The highest BCUT2D eigenvalue weighted by Crippen LogP contribution is 2.25. The molecule has 2 rings (SSSR count). The summed E-state index contributed by atoms with van der Waals surface area (Å²) in [6.07, 6.45) is 1.72. The highest BCUT2D eigenvalue weighted by atomic mass is 16.2. The smallest absolute Gasteiger partial charge is 0.244 e. The number of nitrogens with one attached hydrogen (secondary N) is 2. The van der Waals surface area contributed by atoms with Crippen molar-refractivity contribution in [3.63, 3.8) is 0 Å². The van der Waals surface area contributed by atoms with Gasteiger partial charge in [0.25, 0.3) is 0 Å². The molecule has 0 fully saturated rings. The maximum absolute atomic E-state index is 12.2. The molecule has 1 unspecified atom stereocenters. The lowest BCUT2D eigenvalue weighted by Crippen LogP contribution is -2.41. The molecule has 0 bridgehead atoms. The number of nitrogen functional groups attached to an aromatic ring is 1. The Morgan fingerprint density at radius 2 is 2.15 bits per heavy atom. The molecule has 0 aliphatic rings. The zero-order valence-electron chi connectivity index (χ0n) is 12.1. The molecule has 2 aromatic rings. The minimum Gasteiger partial charge on any atom is -0.397 e. The predicted octanol–water partition coefficient (Wildman–Crippen LogP) is 1.81. The number of aromatic nitrogens is 2. The van der Waals surface area contributed by atoms with Crippen molar-refractivity contribution in [1.29, 1.82) is 0 Å². The summed E-state index contributed by atoms with van der Waals surface area (Å²) >= 11 is 0. The Kier molecular flexibility index (Phi) is 4.12. The predicted molar refractivity (Wildman–Crippen MR) is 81.5 cm³/mol. The van der Waals surface area contributed by atoms with Gasteiger partial charge in [-0.3, -0.25) is 9.89 Å². The molecule has 1 atom stereocenters. The van der Waals surface area contributed by atoms with Crippen LogP contribution in [0.25, 0.3) is 10.9 Å². The zero-order valence-corrected chi connectivity index (χ0v) is 12.1. The standard InChI is InChI=1S/C14H21N5O/c1-4-19(5-2)14(20)9(3)17-13-7-12-10(6-11(13)15)8-16-18-12/h6-9,17H,4-5,15H2,1-3H3,(H,16,18). The van der Waals surface area contributed by atoms with Crippen LogP contribution in [0.3, 0.4) is 0 Å². The third-order valence-electron chi connectivity index (χ3n) is 3.43. The number of nitrogens with zero attached hydrogens (tertiary/aromatic N) is 2. The van der Waals surface area contributed by atoms with E-state index in [9.17, 15) is 4.79 Å². The maximum Gasteiger partial charge on any atom is 0.244 e. The molecule has 1 heterocycles. The average Bonchev–Trinajstić information content (AvgIpc) is 2.87. The van der Waals surface area contributed by atoms with Crippen LogP contribution in [0.5, 0.6) is 0 Å². The van der Waals surface area contributed by atoms with Gasteiger partial charge >= 0.3 is 0 Å². The van der Waals surface area contributed by atoms with Crippen LogP contribution in [0.4, 0.5) is 11.4 Å². The van der Waals surface area contributed by atoms with Gasteiger partial charge in [0, 0.05) is 18.5 Å². The van der Waals surface area contributed by atoms with E-state index in [0.717, 1.165) is 16.6 Å². The molecule has 108 valence electrons. The summed E-state index contributed by atoms with van der Waals surface area (Å²) in [5.74, 6) is 0.0686. The van der Waals surface area contributed by atoms with Crippen molar-refractivity contribution in [3.8, 4) is 0 Å². The molecule has 0 saturated heterocycles. The van der Waals surface area contributed by atoms with Gasteiger partial charge in [-0.2, -0.15) is 5.10 Å². The number of benzene rings is 1. The van der Waals surface area contributed by atoms with E-state index in [1.54, 1.807) is 11.1 Å². The lowest BCUT2D eigenvalue weighted by Gasteiger charge is -2.24. The van der Waals surface area contributed by atoms with Gasteiger partial charge in [-0.25, -0.2) is 0 Å². The highest BCUT2D eigenvalue weighted by molar-refractivity contribution is 5.91. The molecular formula is C14H21N5O. The number of H-pyrrole nitrogens is 1. The molecule has 0 aliphatic carbocycles. The monoisotopic (exact) mass is 275 g/mol. The second-order valence-electron chi connectivity index (χ2n) is 4.77. The van der Waals surface area contributed by atoms with Gasteiger partial charge in [-0.1, -0.05) is 0 Å². The molecule has 20 heavy (non-hydrogen) atoms. The first-order valence-electron chi connectivity index (χ1n) is 6.84. The lowest BCUT2D eigenvalue weighted by molar-refractivity contribution is -0.131. The van der Waals surface area contributed by atoms with Gasteiger partial charge in [0.15, 0.2) is 0 Å². The Balaban J connectivity index is 2.18. The van der Waals surface area contributed by atoms with Crippen molar-refractivity contribution in [3.05, 3.63) is 18.3 Å². The SMILES string of the molecule is CCN(CC)C(=O)C(C)Nc1cc2[nH]ncc2cc1N. The number of hydrogen-bond acceptors (Lipinski definition) is 4. The van der Waals surface area contributed by atoms with E-state index in [-0.39, 0.29) is 11.9 Å². The number of hydrogen-bond donors (Lipinski definition) is 3. The van der Waals surface area contributed by atoms with E-state index in [1.165, 1.54) is 0 Å². The fourth-order valence-electron chi connectivity index (χ4n) is 2.24. The molecule has 0 spiro atoms. The second kappa shape index (κ2) is 5.81. The van der Waals surface area contributed by atoms with E-state index in [1.807, 2.05) is 32.9 Å². The second-order valence-corrected chi connectivity index (χ2v) is 4.77. The van der Waals surface area contributed by atoms with Crippen LogP contribution in [0, 0.1) is 0 Å². The minimum atomic E-state index is -0.322. The average molecular weight is 275 g/mol. The number of anilines is 2. The van der Waals surface area contributed by atoms with Crippen molar-refractivity contribution in [2.24, 2.45) is 0 Å². The molecule has 6 nitrogen and oxygen atoms in total. The van der Waals surface area contributed by atoms with Crippen LogP contribution in [0.2, 0.25) is 0 Å². The quantitative estimate of drug-likeness (QED) is 0.726. The molecule has 1 amide bonds. The summed E-state index contributed by atoms with van der Waals surface area (Å²) in [6, 6.07) is 3.40. The fourth-order valence-corrected chi connectivity index (χ4v) is 2.24. The summed E-state index contributed by atoms with van der Waals surface area (Å²) in [4.78, 5) is 14.0.